The second-order valence-corrected chi connectivity index (χ2v) is 6.75. The number of primary sulfonamides is 1. The maximum absolute atomic E-state index is 11.3. The quantitative estimate of drug-likeness (QED) is 0.564. The smallest absolute Gasteiger partial charge is 0.258 e. The van der Waals surface area contributed by atoms with Gasteiger partial charge in [0.25, 0.3) is 15.7 Å². The summed E-state index contributed by atoms with van der Waals surface area (Å²) >= 11 is 0.847. The fraction of sp³-hybridized carbons (Fsp3) is 0. The zero-order chi connectivity index (χ0) is 15.2. The van der Waals surface area contributed by atoms with Gasteiger partial charge in [-0.25, -0.2) is 23.1 Å². The fourth-order valence-corrected chi connectivity index (χ4v) is 3.23. The number of sulfonamides is 1. The van der Waals surface area contributed by atoms with Crippen molar-refractivity contribution in [3.8, 4) is 11.3 Å². The molecule has 0 fully saturated rings. The van der Waals surface area contributed by atoms with Gasteiger partial charge in [-0.1, -0.05) is 11.3 Å². The number of fused-ring (bicyclic) bond motifs is 1. The second-order valence-electron chi connectivity index (χ2n) is 4.05. The van der Waals surface area contributed by atoms with Crippen LogP contribution < -0.4 is 5.14 Å². The van der Waals surface area contributed by atoms with E-state index >= 15 is 0 Å². The number of nitro groups is 1. The number of aromatic nitrogens is 3. The van der Waals surface area contributed by atoms with Crippen LogP contribution in [0, 0.1) is 10.1 Å². The lowest BCUT2D eigenvalue weighted by Crippen LogP contribution is -2.12. The summed E-state index contributed by atoms with van der Waals surface area (Å²) in [5.74, 6) is 0. The molecule has 0 aliphatic carbocycles. The van der Waals surface area contributed by atoms with Gasteiger partial charge in [-0.3, -0.25) is 10.1 Å². The van der Waals surface area contributed by atoms with Crippen molar-refractivity contribution in [3.63, 3.8) is 0 Å². The number of rotatable bonds is 3. The van der Waals surface area contributed by atoms with Crippen LogP contribution in [0.15, 0.2) is 34.8 Å². The number of nitrogens with zero attached hydrogens (tertiary/aromatic N) is 4. The first-order valence-corrected chi connectivity index (χ1v) is 7.85. The van der Waals surface area contributed by atoms with Gasteiger partial charge in [0.05, 0.1) is 16.8 Å². The maximum Gasteiger partial charge on any atom is 0.269 e. The van der Waals surface area contributed by atoms with Crippen LogP contribution in [0.4, 0.5) is 5.69 Å². The van der Waals surface area contributed by atoms with Crippen molar-refractivity contribution in [2.24, 2.45) is 5.14 Å². The van der Waals surface area contributed by atoms with Gasteiger partial charge < -0.3 is 0 Å². The van der Waals surface area contributed by atoms with E-state index in [0.29, 0.717) is 16.2 Å². The van der Waals surface area contributed by atoms with Gasteiger partial charge in [0.1, 0.15) is 0 Å². The Kier molecular flexibility index (Phi) is 2.97. The summed E-state index contributed by atoms with van der Waals surface area (Å²) in [6.07, 6.45) is 1.51. The van der Waals surface area contributed by atoms with E-state index in [-0.39, 0.29) is 10.0 Å². The van der Waals surface area contributed by atoms with Crippen molar-refractivity contribution in [1.82, 2.24) is 14.6 Å². The zero-order valence-electron chi connectivity index (χ0n) is 10.2. The molecule has 0 spiro atoms. The average molecular weight is 325 g/mol. The molecule has 0 saturated heterocycles. The number of hydrogen-bond acceptors (Lipinski definition) is 7. The maximum atomic E-state index is 11.3. The predicted molar refractivity (Wildman–Crippen MR) is 74.3 cm³/mol. The van der Waals surface area contributed by atoms with Crippen molar-refractivity contribution < 1.29 is 13.3 Å². The van der Waals surface area contributed by atoms with Gasteiger partial charge in [0.15, 0.2) is 0 Å². The Morgan fingerprint density at radius 3 is 2.52 bits per heavy atom. The van der Waals surface area contributed by atoms with Gasteiger partial charge in [-0.05, 0) is 12.1 Å². The third-order valence-corrected chi connectivity index (χ3v) is 4.92. The second kappa shape index (κ2) is 4.58. The molecule has 0 unspecified atom stereocenters. The summed E-state index contributed by atoms with van der Waals surface area (Å²) < 4.78 is 23.7. The lowest BCUT2D eigenvalue weighted by atomic mass is 10.1. The standard InChI is InChI=1S/C10H7N5O4S2/c11-21(18,19)10-13-14-8(5-12-9(14)20-10)6-1-3-7(4-2-6)15(16)17/h1-5H,(H2,11,18,19). The Balaban J connectivity index is 2.12. The van der Waals surface area contributed by atoms with E-state index in [4.69, 9.17) is 5.14 Å². The highest BCUT2D eigenvalue weighted by molar-refractivity contribution is 7.91. The Morgan fingerprint density at radius 2 is 1.95 bits per heavy atom. The topological polar surface area (TPSA) is 133 Å². The molecule has 2 heterocycles. The summed E-state index contributed by atoms with van der Waals surface area (Å²) in [6, 6.07) is 5.78. The van der Waals surface area contributed by atoms with E-state index < -0.39 is 14.9 Å². The third-order valence-electron chi connectivity index (χ3n) is 2.68. The molecule has 11 heteroatoms. The molecule has 21 heavy (non-hydrogen) atoms. The van der Waals surface area contributed by atoms with Crippen LogP contribution in [-0.2, 0) is 10.0 Å². The molecule has 0 atom stereocenters. The monoisotopic (exact) mass is 325 g/mol. The van der Waals surface area contributed by atoms with Gasteiger partial charge in [-0.2, -0.15) is 0 Å². The average Bonchev–Trinajstić information content (AvgIpc) is 2.97. The van der Waals surface area contributed by atoms with Crippen LogP contribution in [0.5, 0.6) is 0 Å². The van der Waals surface area contributed by atoms with E-state index in [0.717, 1.165) is 11.3 Å². The summed E-state index contributed by atoms with van der Waals surface area (Å²) in [7, 11) is -3.89. The van der Waals surface area contributed by atoms with Gasteiger partial charge in [0.2, 0.25) is 9.30 Å². The van der Waals surface area contributed by atoms with E-state index in [1.54, 1.807) is 0 Å². The number of imidazole rings is 1. The molecule has 1 aromatic carbocycles. The van der Waals surface area contributed by atoms with Crippen molar-refractivity contribution in [2.75, 3.05) is 0 Å². The van der Waals surface area contributed by atoms with Crippen LogP contribution in [0.25, 0.3) is 16.2 Å². The van der Waals surface area contributed by atoms with Gasteiger partial charge in [-0.15, -0.1) is 5.10 Å². The largest absolute Gasteiger partial charge is 0.269 e. The van der Waals surface area contributed by atoms with Crippen LogP contribution in [0.1, 0.15) is 0 Å². The normalized spacial score (nSPS) is 11.9. The minimum Gasteiger partial charge on any atom is -0.258 e. The molecule has 0 radical (unpaired) electrons. The number of nitro benzene ring substituents is 1. The third kappa shape index (κ3) is 2.37. The Hall–Kier alpha value is -2.37. The van der Waals surface area contributed by atoms with Crippen molar-refractivity contribution in [3.05, 3.63) is 40.6 Å². The molecule has 0 amide bonds. The van der Waals surface area contributed by atoms with Gasteiger partial charge in [0, 0.05) is 17.7 Å². The SMILES string of the molecule is NS(=O)(=O)c1nn2c(-c3ccc([N+](=O)[O-])cc3)cnc2s1. The highest BCUT2D eigenvalue weighted by atomic mass is 32.2. The molecule has 3 rings (SSSR count). The molecule has 2 aromatic heterocycles. The highest BCUT2D eigenvalue weighted by Gasteiger charge is 2.18. The summed E-state index contributed by atoms with van der Waals surface area (Å²) in [4.78, 5) is 14.5. The van der Waals surface area contributed by atoms with Crippen molar-refractivity contribution >= 4 is 32.0 Å². The van der Waals surface area contributed by atoms with E-state index in [1.807, 2.05) is 0 Å². The lowest BCUT2D eigenvalue weighted by Gasteiger charge is -1.98. The van der Waals surface area contributed by atoms with Crippen molar-refractivity contribution in [1.29, 1.82) is 0 Å². The van der Waals surface area contributed by atoms with Gasteiger partial charge >= 0.3 is 0 Å². The first kappa shape index (κ1) is 13.6. The number of benzene rings is 1. The van der Waals surface area contributed by atoms with E-state index in [1.165, 1.54) is 35.0 Å². The Bertz CT molecular complexity index is 942. The molecule has 0 saturated carbocycles. The number of nitrogens with two attached hydrogens (primary N) is 1. The predicted octanol–water partition coefficient (Wildman–Crippen LogP) is 1.01. The van der Waals surface area contributed by atoms with Crippen LogP contribution >= 0.6 is 11.3 Å². The molecule has 3 aromatic rings. The Morgan fingerprint density at radius 1 is 1.29 bits per heavy atom. The Labute approximate surface area is 121 Å². The minimum atomic E-state index is -3.89. The molecule has 2 N–H and O–H groups in total. The minimum absolute atomic E-state index is 0.0389. The molecular weight excluding hydrogens is 318 g/mol. The number of non-ortho nitro benzene ring substituents is 1. The summed E-state index contributed by atoms with van der Waals surface area (Å²) in [5.41, 5.74) is 1.11. The zero-order valence-corrected chi connectivity index (χ0v) is 11.8. The van der Waals surface area contributed by atoms with E-state index in [9.17, 15) is 18.5 Å². The molecule has 9 nitrogen and oxygen atoms in total. The highest BCUT2D eigenvalue weighted by Crippen LogP contribution is 2.26. The fourth-order valence-electron chi connectivity index (χ4n) is 1.74. The molecular formula is C10H7N5O4S2. The lowest BCUT2D eigenvalue weighted by molar-refractivity contribution is -0.384. The number of hydrogen-bond donors (Lipinski definition) is 1. The van der Waals surface area contributed by atoms with Crippen LogP contribution in [0.3, 0.4) is 0 Å². The first-order chi connectivity index (χ1) is 9.86. The molecule has 0 bridgehead atoms. The summed E-state index contributed by atoms with van der Waals surface area (Å²) in [6.45, 7) is 0. The van der Waals surface area contributed by atoms with Crippen molar-refractivity contribution in [2.45, 2.75) is 4.34 Å². The van der Waals surface area contributed by atoms with Crippen LogP contribution in [-0.4, -0.2) is 27.9 Å². The summed E-state index contributed by atoms with van der Waals surface area (Å²) in [5, 5.41) is 19.6. The molecule has 0 aliphatic heterocycles. The van der Waals surface area contributed by atoms with Crippen LogP contribution in [0.2, 0.25) is 0 Å². The van der Waals surface area contributed by atoms with E-state index in [2.05, 4.69) is 10.1 Å². The first-order valence-electron chi connectivity index (χ1n) is 5.48. The molecule has 108 valence electrons. The molecule has 0 aliphatic rings.